The molecule has 5 rings (SSSR count). The summed E-state index contributed by atoms with van der Waals surface area (Å²) in [7, 11) is -38.9. The first-order valence-corrected chi connectivity index (χ1v) is 32.6. The van der Waals surface area contributed by atoms with E-state index in [1.54, 1.807) is 0 Å². The van der Waals surface area contributed by atoms with Crippen molar-refractivity contribution in [2.24, 2.45) is 5.73 Å². The number of rotatable bonds is 28. The van der Waals surface area contributed by atoms with E-state index in [1.807, 2.05) is 0 Å². The molecule has 0 amide bonds. The molecule has 5 heterocycles. The van der Waals surface area contributed by atoms with Gasteiger partial charge in [-0.3, -0.25) is 31.9 Å². The average molecular weight is 1430 g/mol. The lowest BCUT2D eigenvalue weighted by atomic mass is 9.94. The SMILES string of the molecule is CO[C@H]1O[C@H](COS(=O)(=O)O)[C@@H](O[C@@H]2O[C@@H](C(=O)O)C(OC3O[C@H](COS(=O)(=O)O)[C@@H](O[C@@H]4O[C@H](C(=O)O)[C@@H](O[C@H]5O[C@H](COS(=O)(=O)O)[C@@H](O)[C@H](O)[C@H]5NS(=O)(=O)O)[C@H](O)[C@H]4O)[C@H](OS(=O)(=O)O)[C@H]3N)[C@H](O)[C@H]2OS(=O)(=O)O)[C@H](O)[C@H]1NS(=O)(=O)O. The van der Waals surface area contributed by atoms with Crippen molar-refractivity contribution in [3.63, 3.8) is 0 Å². The molecular formula is C31H53N3O46S7. The minimum absolute atomic E-state index is 0.773. The number of aliphatic hydroxyl groups excluding tert-OH is 6. The molecular weight excluding hydrogens is 1370 g/mol. The quantitative estimate of drug-likeness (QED) is 0.0324. The maximum atomic E-state index is 12.9. The monoisotopic (exact) mass is 1430 g/mol. The van der Waals surface area contributed by atoms with E-state index in [0.29, 0.717) is 0 Å². The van der Waals surface area contributed by atoms with Crippen molar-refractivity contribution in [1.82, 2.24) is 9.44 Å². The number of hydrogen-bond acceptors (Lipinski definition) is 38. The Morgan fingerprint density at radius 1 is 0.402 bits per heavy atom. The third-order valence-electron chi connectivity index (χ3n) is 12.2. The highest BCUT2D eigenvalue weighted by Crippen LogP contribution is 2.38. The molecule has 5 saturated heterocycles. The molecule has 510 valence electrons. The Labute approximate surface area is 487 Å². The lowest BCUT2D eigenvalue weighted by molar-refractivity contribution is -0.372. The Bertz CT molecular complexity index is 3210. The summed E-state index contributed by atoms with van der Waals surface area (Å²) in [5.74, 6) is -4.67. The van der Waals surface area contributed by atoms with E-state index in [1.165, 1.54) is 9.44 Å². The van der Waals surface area contributed by atoms with Gasteiger partial charge in [0.15, 0.2) is 49.8 Å². The highest BCUT2D eigenvalue weighted by Gasteiger charge is 2.60. The lowest BCUT2D eigenvalue weighted by Crippen LogP contribution is -2.70. The van der Waals surface area contributed by atoms with Gasteiger partial charge in [-0.15, -0.1) is 0 Å². The van der Waals surface area contributed by atoms with Gasteiger partial charge in [-0.2, -0.15) is 68.4 Å². The summed E-state index contributed by atoms with van der Waals surface area (Å²) in [6, 6.07) is -7.45. The number of methoxy groups -OCH3 is 1. The Hall–Kier alpha value is -2.65. The van der Waals surface area contributed by atoms with Crippen LogP contribution in [0.15, 0.2) is 0 Å². The van der Waals surface area contributed by atoms with Crippen molar-refractivity contribution < 1.29 is 210 Å². The van der Waals surface area contributed by atoms with Gasteiger partial charge in [-0.1, -0.05) is 0 Å². The van der Waals surface area contributed by atoms with Crippen LogP contribution in [-0.4, -0.2) is 324 Å². The fourth-order valence-corrected chi connectivity index (χ4v) is 11.8. The topological polar surface area (TPSA) is 765 Å². The van der Waals surface area contributed by atoms with Gasteiger partial charge in [0.25, 0.3) is 0 Å². The second-order valence-electron chi connectivity index (χ2n) is 18.2. The van der Waals surface area contributed by atoms with Gasteiger partial charge in [0.2, 0.25) is 0 Å². The summed E-state index contributed by atoms with van der Waals surface area (Å²) in [6.07, 6.45) is -59.8. The Morgan fingerprint density at radius 3 is 1.23 bits per heavy atom. The van der Waals surface area contributed by atoms with Crippen LogP contribution in [0.4, 0.5) is 0 Å². The molecule has 0 aromatic heterocycles. The summed E-state index contributed by atoms with van der Waals surface area (Å²) in [5, 5.41) is 87.4. The minimum atomic E-state index is -6.06. The molecule has 87 heavy (non-hydrogen) atoms. The standard InChI is InChI=1S/C31H53N3O46S7/c1-66-28-10(34-82(48,49)50)13(37)17(6(72-28)3-68-84(54,55)56)73-31-22(80-87(63,64)65)16(40)21(24(78-31)26(43)44)75-27-8(32)19(79-86(60,61)62)18(7(71-27)4-69-85(57,58)59)74-30-15(39)14(38)20(23(77-30)25(41)42)76-29-9(33-81(45,46)47)12(36)11(35)5(70-29)2-67-83(51,52)53/h5-24,27-31,33-40H,2-4,32H2,1H3,(H,41,42)(H,43,44)(H,45,46,47)(H,48,49,50)(H,51,52,53)(H,54,55,56)(H,57,58,59)(H,60,61,62)(H,63,64,65)/t5-,6-,7-,8-,9-,10-,11-,12-,13-,14-,15-,16+,17-,18-,19-,20+,21?,22-,23+,24-,27?,28+,29-,30-,31-/m1/s1. The number of carbonyl (C=O) groups is 2. The fourth-order valence-electron chi connectivity index (χ4n) is 8.72. The van der Waals surface area contributed by atoms with Crippen LogP contribution in [-0.2, 0) is 150 Å². The summed E-state index contributed by atoms with van der Waals surface area (Å²) in [4.78, 5) is 25.6. The zero-order valence-corrected chi connectivity index (χ0v) is 48.1. The molecule has 0 saturated carbocycles. The van der Waals surface area contributed by atoms with Crippen molar-refractivity contribution in [2.75, 3.05) is 26.9 Å². The molecule has 0 spiro atoms. The fraction of sp³-hybridized carbons (Fsp3) is 0.935. The largest absolute Gasteiger partial charge is 0.479 e. The van der Waals surface area contributed by atoms with E-state index in [2.05, 4.69) is 20.9 Å². The number of hydrogen-bond donors (Lipinski definition) is 18. The first-order chi connectivity index (χ1) is 39.5. The smallest absolute Gasteiger partial charge is 0.397 e. The van der Waals surface area contributed by atoms with Crippen molar-refractivity contribution in [2.45, 2.75) is 153 Å². The molecule has 0 radical (unpaired) electrons. The van der Waals surface area contributed by atoms with Crippen molar-refractivity contribution in [3.05, 3.63) is 0 Å². The van der Waals surface area contributed by atoms with Crippen molar-refractivity contribution in [3.8, 4) is 0 Å². The molecule has 25 atom stereocenters. The molecule has 0 bridgehead atoms. The summed E-state index contributed by atoms with van der Waals surface area (Å²) >= 11 is 0. The Balaban J connectivity index is 1.52. The number of aliphatic hydroxyl groups is 6. The normalized spacial score (nSPS) is 39.7. The average Bonchev–Trinajstić information content (AvgIpc) is 1.26. The predicted molar refractivity (Wildman–Crippen MR) is 251 cm³/mol. The Kier molecular flexibility index (Phi) is 24.8. The van der Waals surface area contributed by atoms with Crippen molar-refractivity contribution in [1.29, 1.82) is 0 Å². The molecule has 19 N–H and O–H groups in total. The number of ether oxygens (including phenoxy) is 10. The van der Waals surface area contributed by atoms with Crippen LogP contribution in [0.3, 0.4) is 0 Å². The highest BCUT2D eigenvalue weighted by atomic mass is 32.3. The first-order valence-electron chi connectivity index (χ1n) is 22.9. The molecule has 0 aliphatic carbocycles. The molecule has 5 fully saturated rings. The van der Waals surface area contributed by atoms with Crippen LogP contribution in [0.25, 0.3) is 0 Å². The van der Waals surface area contributed by atoms with Crippen LogP contribution in [0, 0.1) is 0 Å². The molecule has 5 aliphatic rings. The number of nitrogens with one attached hydrogen (secondary N) is 2. The maximum absolute atomic E-state index is 12.9. The second kappa shape index (κ2) is 28.7. The number of carboxylic acids is 2. The van der Waals surface area contributed by atoms with E-state index >= 15 is 0 Å². The summed E-state index contributed by atoms with van der Waals surface area (Å²) < 4.78 is 309. The van der Waals surface area contributed by atoms with Crippen LogP contribution >= 0.6 is 0 Å². The molecule has 56 heteroatoms. The first kappa shape index (κ1) is 75.1. The van der Waals surface area contributed by atoms with E-state index in [4.69, 9.17) is 57.7 Å². The minimum Gasteiger partial charge on any atom is -0.479 e. The third kappa shape index (κ3) is 21.2. The van der Waals surface area contributed by atoms with Crippen LogP contribution in [0.5, 0.6) is 0 Å². The van der Waals surface area contributed by atoms with Crippen molar-refractivity contribution >= 4 is 84.5 Å². The maximum Gasteiger partial charge on any atom is 0.397 e. The lowest BCUT2D eigenvalue weighted by Gasteiger charge is -2.50. The number of nitrogens with two attached hydrogens (primary N) is 1. The molecule has 0 aromatic carbocycles. The second-order valence-corrected chi connectivity index (χ2v) is 25.9. The number of carboxylic acid groups (broad SMARTS) is 2. The van der Waals surface area contributed by atoms with Gasteiger partial charge in [-0.05, 0) is 0 Å². The van der Waals surface area contributed by atoms with Gasteiger partial charge >= 0.3 is 84.5 Å². The van der Waals surface area contributed by atoms with Gasteiger partial charge in [0, 0.05) is 7.11 Å². The summed E-state index contributed by atoms with van der Waals surface area (Å²) in [6.45, 7) is -4.76. The number of aliphatic carboxylic acids is 2. The molecule has 0 aromatic rings. The predicted octanol–water partition coefficient (Wildman–Crippen LogP) is -13.2. The highest BCUT2D eigenvalue weighted by molar-refractivity contribution is 7.84. The Morgan fingerprint density at radius 2 is 0.782 bits per heavy atom. The van der Waals surface area contributed by atoms with Crippen LogP contribution in [0.1, 0.15) is 0 Å². The zero-order chi connectivity index (χ0) is 66.2. The van der Waals surface area contributed by atoms with Crippen LogP contribution in [0.2, 0.25) is 0 Å². The van der Waals surface area contributed by atoms with Gasteiger partial charge in [0.1, 0.15) is 97.5 Å². The molecule has 5 aliphatic heterocycles. The van der Waals surface area contributed by atoms with Crippen LogP contribution < -0.4 is 15.2 Å². The third-order valence-corrected chi connectivity index (χ3v) is 15.6. The van der Waals surface area contributed by atoms with E-state index in [-0.39, 0.29) is 0 Å². The van der Waals surface area contributed by atoms with E-state index in [0.717, 1.165) is 7.11 Å². The zero-order valence-electron chi connectivity index (χ0n) is 42.4. The summed E-state index contributed by atoms with van der Waals surface area (Å²) in [5.41, 5.74) is 6.18. The van der Waals surface area contributed by atoms with Gasteiger partial charge < -0.3 is 94.0 Å². The van der Waals surface area contributed by atoms with E-state index in [9.17, 15) is 137 Å². The van der Waals surface area contributed by atoms with Gasteiger partial charge in [0.05, 0.1) is 25.9 Å². The van der Waals surface area contributed by atoms with E-state index < -0.39 is 258 Å². The molecule has 49 nitrogen and oxygen atoms in total. The molecule has 2 unspecified atom stereocenters. The van der Waals surface area contributed by atoms with Gasteiger partial charge in [-0.25, -0.2) is 30.5 Å².